The number of nitrogens with zero attached hydrogens (tertiary/aromatic N) is 1. The van der Waals surface area contributed by atoms with Gasteiger partial charge < -0.3 is 9.47 Å². The lowest BCUT2D eigenvalue weighted by molar-refractivity contribution is 0.101. The number of benzene rings is 1. The van der Waals surface area contributed by atoms with Gasteiger partial charge in [0, 0.05) is 29.8 Å². The molecule has 0 saturated heterocycles. The number of ether oxygens (including phenoxy) is 2. The second-order valence-electron chi connectivity index (χ2n) is 5.82. The minimum atomic E-state index is -0.226. The number of rotatable bonds is 3. The van der Waals surface area contributed by atoms with Crippen LogP contribution in [0.15, 0.2) is 36.5 Å². The Hall–Kier alpha value is -2.36. The quantitative estimate of drug-likeness (QED) is 0.804. The van der Waals surface area contributed by atoms with Crippen molar-refractivity contribution in [3.8, 4) is 17.4 Å². The van der Waals surface area contributed by atoms with Crippen molar-refractivity contribution in [2.24, 2.45) is 0 Å². The molecular weight excluding hydrogens is 266 g/mol. The number of hydrogen-bond donors (Lipinski definition) is 0. The van der Waals surface area contributed by atoms with Gasteiger partial charge in [-0.1, -0.05) is 12.1 Å². The normalized spacial score (nSPS) is 15.2. The number of para-hydroxylation sites is 1. The Bertz CT molecular complexity index is 707. The van der Waals surface area contributed by atoms with Crippen molar-refractivity contribution in [2.75, 3.05) is 0 Å². The molecule has 4 heteroatoms. The molecule has 0 atom stereocenters. The molecule has 1 aliphatic heterocycles. The van der Waals surface area contributed by atoms with E-state index in [4.69, 9.17) is 9.47 Å². The molecule has 3 rings (SSSR count). The van der Waals surface area contributed by atoms with E-state index in [2.05, 4.69) is 4.98 Å². The Balaban J connectivity index is 1.92. The fourth-order valence-electron chi connectivity index (χ4n) is 2.46. The molecule has 0 N–H and O–H groups in total. The molecule has 2 heterocycles. The van der Waals surface area contributed by atoms with Crippen LogP contribution >= 0.6 is 0 Å². The van der Waals surface area contributed by atoms with Crippen LogP contribution in [0.25, 0.3) is 0 Å². The van der Waals surface area contributed by atoms with Gasteiger partial charge in [-0.3, -0.25) is 4.79 Å². The average Bonchev–Trinajstić information content (AvgIpc) is 2.74. The molecule has 4 nitrogen and oxygen atoms in total. The highest BCUT2D eigenvalue weighted by molar-refractivity contribution is 5.94. The van der Waals surface area contributed by atoms with Gasteiger partial charge in [0.15, 0.2) is 17.3 Å². The number of hydrogen-bond acceptors (Lipinski definition) is 4. The van der Waals surface area contributed by atoms with Gasteiger partial charge in [0.1, 0.15) is 5.60 Å². The van der Waals surface area contributed by atoms with Crippen LogP contribution in [0, 0.1) is 0 Å². The zero-order valence-electron chi connectivity index (χ0n) is 12.3. The lowest BCUT2D eigenvalue weighted by Crippen LogP contribution is -2.24. The largest absolute Gasteiger partial charge is 0.483 e. The van der Waals surface area contributed by atoms with Crippen LogP contribution in [0.1, 0.15) is 36.7 Å². The van der Waals surface area contributed by atoms with E-state index in [0.717, 1.165) is 17.7 Å². The second kappa shape index (κ2) is 4.88. The zero-order valence-corrected chi connectivity index (χ0v) is 12.3. The molecular formula is C17H17NO3. The van der Waals surface area contributed by atoms with Crippen LogP contribution in [0.5, 0.6) is 17.4 Å². The lowest BCUT2D eigenvalue weighted by atomic mass is 10.0. The number of carbonyl (C=O) groups excluding carboxylic acids is 1. The van der Waals surface area contributed by atoms with Crippen molar-refractivity contribution in [2.45, 2.75) is 32.8 Å². The van der Waals surface area contributed by atoms with Gasteiger partial charge in [-0.15, -0.1) is 0 Å². The first kappa shape index (κ1) is 13.6. The zero-order chi connectivity index (χ0) is 15.0. The smallest absolute Gasteiger partial charge is 0.220 e. The SMILES string of the molecule is CC(=O)c1ccnc(Oc2cccc3c2OC(C)(C)C3)c1. The van der Waals surface area contributed by atoms with Crippen LogP contribution in [-0.4, -0.2) is 16.4 Å². The van der Waals surface area contributed by atoms with Crippen LogP contribution in [-0.2, 0) is 6.42 Å². The molecule has 1 aromatic carbocycles. The molecule has 0 spiro atoms. The monoisotopic (exact) mass is 283 g/mol. The number of ketones is 1. The molecule has 2 aromatic rings. The Morgan fingerprint density at radius 1 is 1.33 bits per heavy atom. The Labute approximate surface area is 123 Å². The topological polar surface area (TPSA) is 48.4 Å². The third-order valence-electron chi connectivity index (χ3n) is 3.41. The first-order valence-electron chi connectivity index (χ1n) is 6.90. The maximum atomic E-state index is 11.4. The Morgan fingerprint density at radius 3 is 2.90 bits per heavy atom. The molecule has 0 radical (unpaired) electrons. The molecule has 0 bridgehead atoms. The van der Waals surface area contributed by atoms with Crippen molar-refractivity contribution >= 4 is 5.78 Å². The van der Waals surface area contributed by atoms with Crippen molar-refractivity contribution in [3.63, 3.8) is 0 Å². The van der Waals surface area contributed by atoms with Gasteiger partial charge in [0.25, 0.3) is 0 Å². The molecule has 21 heavy (non-hydrogen) atoms. The molecule has 0 unspecified atom stereocenters. The van der Waals surface area contributed by atoms with Crippen LogP contribution in [0.4, 0.5) is 0 Å². The van der Waals surface area contributed by atoms with E-state index in [9.17, 15) is 4.79 Å². The Morgan fingerprint density at radius 2 is 2.14 bits per heavy atom. The van der Waals surface area contributed by atoms with E-state index in [-0.39, 0.29) is 11.4 Å². The third kappa shape index (κ3) is 2.75. The Kier molecular flexibility index (Phi) is 3.16. The van der Waals surface area contributed by atoms with Gasteiger partial charge in [-0.25, -0.2) is 4.98 Å². The van der Waals surface area contributed by atoms with Gasteiger partial charge in [-0.05, 0) is 32.9 Å². The summed E-state index contributed by atoms with van der Waals surface area (Å²) in [7, 11) is 0. The van der Waals surface area contributed by atoms with Crippen molar-refractivity contribution in [1.29, 1.82) is 0 Å². The number of fused-ring (bicyclic) bond motifs is 1. The van der Waals surface area contributed by atoms with E-state index < -0.39 is 0 Å². The van der Waals surface area contributed by atoms with E-state index in [1.807, 2.05) is 32.0 Å². The molecule has 1 aromatic heterocycles. The van der Waals surface area contributed by atoms with Crippen LogP contribution in [0.2, 0.25) is 0 Å². The highest BCUT2D eigenvalue weighted by atomic mass is 16.5. The molecule has 0 fully saturated rings. The first-order chi connectivity index (χ1) is 9.94. The van der Waals surface area contributed by atoms with E-state index >= 15 is 0 Å². The number of carbonyl (C=O) groups is 1. The summed E-state index contributed by atoms with van der Waals surface area (Å²) < 4.78 is 11.8. The molecule has 108 valence electrons. The minimum absolute atomic E-state index is 0.0158. The van der Waals surface area contributed by atoms with Crippen molar-refractivity contribution in [3.05, 3.63) is 47.7 Å². The van der Waals surface area contributed by atoms with Crippen LogP contribution < -0.4 is 9.47 Å². The highest BCUT2D eigenvalue weighted by Gasteiger charge is 2.32. The standard InChI is InChI=1S/C17H17NO3/c1-11(19)12-7-8-18-15(9-12)20-14-6-4-5-13-10-17(2,3)21-16(13)14/h4-9H,10H2,1-3H3. The third-order valence-corrected chi connectivity index (χ3v) is 3.41. The van der Waals surface area contributed by atoms with Crippen molar-refractivity contribution < 1.29 is 14.3 Å². The number of aromatic nitrogens is 1. The lowest BCUT2D eigenvalue weighted by Gasteiger charge is -2.18. The maximum absolute atomic E-state index is 11.4. The van der Waals surface area contributed by atoms with Crippen LogP contribution in [0.3, 0.4) is 0 Å². The predicted octanol–water partition coefficient (Wildman–Crippen LogP) is 3.79. The van der Waals surface area contributed by atoms with E-state index in [1.165, 1.54) is 6.92 Å². The second-order valence-corrected chi connectivity index (χ2v) is 5.82. The highest BCUT2D eigenvalue weighted by Crippen LogP contribution is 2.43. The summed E-state index contributed by atoms with van der Waals surface area (Å²) in [5, 5.41) is 0. The molecule has 1 aliphatic rings. The van der Waals surface area contributed by atoms with Gasteiger partial charge >= 0.3 is 0 Å². The summed E-state index contributed by atoms with van der Waals surface area (Å²) >= 11 is 0. The summed E-state index contributed by atoms with van der Waals surface area (Å²) in [5.74, 6) is 1.77. The summed E-state index contributed by atoms with van der Waals surface area (Å²) in [5.41, 5.74) is 1.48. The molecule has 0 saturated carbocycles. The molecule has 0 amide bonds. The van der Waals surface area contributed by atoms with Crippen molar-refractivity contribution in [1.82, 2.24) is 4.98 Å². The number of Topliss-reactive ketones (excluding diaryl/α,β-unsaturated/α-hetero) is 1. The van der Waals surface area contributed by atoms with Gasteiger partial charge in [0.05, 0.1) is 0 Å². The fourth-order valence-corrected chi connectivity index (χ4v) is 2.46. The first-order valence-corrected chi connectivity index (χ1v) is 6.90. The maximum Gasteiger partial charge on any atom is 0.220 e. The molecule has 0 aliphatic carbocycles. The van der Waals surface area contributed by atoms with E-state index in [0.29, 0.717) is 17.2 Å². The predicted molar refractivity (Wildman–Crippen MR) is 79.2 cm³/mol. The van der Waals surface area contributed by atoms with Gasteiger partial charge in [0.2, 0.25) is 5.88 Å². The number of pyridine rings is 1. The minimum Gasteiger partial charge on any atom is -0.483 e. The fraction of sp³-hybridized carbons (Fsp3) is 0.294. The van der Waals surface area contributed by atoms with Gasteiger partial charge in [-0.2, -0.15) is 0 Å². The summed E-state index contributed by atoms with van der Waals surface area (Å²) in [6.07, 6.45) is 2.42. The summed E-state index contributed by atoms with van der Waals surface area (Å²) in [6.45, 7) is 5.61. The summed E-state index contributed by atoms with van der Waals surface area (Å²) in [6, 6.07) is 9.14. The average molecular weight is 283 g/mol. The summed E-state index contributed by atoms with van der Waals surface area (Å²) in [4.78, 5) is 15.6. The van der Waals surface area contributed by atoms with E-state index in [1.54, 1.807) is 18.3 Å².